The highest BCUT2D eigenvalue weighted by atomic mass is 33.1. The van der Waals surface area contributed by atoms with E-state index in [4.69, 9.17) is 30.0 Å². The first-order valence-corrected chi connectivity index (χ1v) is 34.6. The van der Waals surface area contributed by atoms with E-state index in [0.717, 1.165) is 145 Å². The summed E-state index contributed by atoms with van der Waals surface area (Å²) in [6.45, 7) is 0. The number of rotatable bonds is 21. The number of hydrogen-bond acceptors (Lipinski definition) is 8. The third kappa shape index (κ3) is 16.1. The van der Waals surface area contributed by atoms with Crippen LogP contribution in [0.4, 0.5) is 34.1 Å². The van der Waals surface area contributed by atoms with Crippen LogP contribution in [0.15, 0.2) is 428 Å². The lowest BCUT2D eigenvalue weighted by atomic mass is 10.00. The van der Waals surface area contributed by atoms with E-state index in [0.29, 0.717) is 0 Å². The molecule has 0 aromatic heterocycles. The van der Waals surface area contributed by atoms with Gasteiger partial charge >= 0.3 is 0 Å². The summed E-state index contributed by atoms with van der Waals surface area (Å²) in [7, 11) is 3.41. The van der Waals surface area contributed by atoms with Crippen LogP contribution in [-0.2, 0) is 0 Å². The highest BCUT2D eigenvalue weighted by Gasteiger charge is 2.16. The Morgan fingerprint density at radius 2 is 0.255 bits per heavy atom. The van der Waals surface area contributed by atoms with Crippen molar-refractivity contribution in [1.29, 1.82) is 0 Å². The van der Waals surface area contributed by atoms with E-state index in [-0.39, 0.29) is 0 Å². The lowest BCUT2D eigenvalue weighted by Gasteiger charge is -2.11. The zero-order chi connectivity index (χ0) is 65.9. The molecule has 0 atom stereocenters. The topological polar surface area (TPSA) is 74.2 Å². The summed E-state index contributed by atoms with van der Waals surface area (Å²) in [4.78, 5) is 33.9. The summed E-state index contributed by atoms with van der Waals surface area (Å²) in [5, 5.41) is 0. The van der Waals surface area contributed by atoms with Crippen molar-refractivity contribution in [2.45, 2.75) is 9.79 Å². The van der Waals surface area contributed by atoms with E-state index in [2.05, 4.69) is 340 Å². The Balaban J connectivity index is 0.737. The molecule has 14 rings (SSSR count). The van der Waals surface area contributed by atoms with Crippen LogP contribution in [0.25, 0.3) is 0 Å². The zero-order valence-corrected chi connectivity index (χ0v) is 55.1. The highest BCUT2D eigenvalue weighted by Crippen LogP contribution is 2.39. The van der Waals surface area contributed by atoms with Gasteiger partial charge < -0.3 is 0 Å². The van der Waals surface area contributed by atoms with Gasteiger partial charge in [0.05, 0.1) is 68.4 Å². The van der Waals surface area contributed by atoms with Gasteiger partial charge in [0.15, 0.2) is 0 Å². The first-order valence-electron chi connectivity index (χ1n) is 32.5. The molecular formula is C90H64N6S2. The van der Waals surface area contributed by atoms with E-state index < -0.39 is 0 Å². The molecule has 0 spiro atoms. The van der Waals surface area contributed by atoms with Gasteiger partial charge in [0, 0.05) is 76.6 Å². The largest absolute Gasteiger partial charge is 0.248 e. The molecule has 6 nitrogen and oxygen atoms in total. The quantitative estimate of drug-likeness (QED) is 0.0531. The molecule has 14 aromatic rings. The maximum Gasteiger partial charge on any atom is 0.0781 e. The van der Waals surface area contributed by atoms with Crippen LogP contribution < -0.4 is 0 Å². The minimum absolute atomic E-state index is 0.833. The molecule has 0 heterocycles. The molecule has 0 radical (unpaired) electrons. The molecule has 0 saturated carbocycles. The molecule has 0 fully saturated rings. The summed E-state index contributed by atoms with van der Waals surface area (Å²) >= 11 is 0. The van der Waals surface area contributed by atoms with Crippen LogP contribution >= 0.6 is 21.6 Å². The van der Waals surface area contributed by atoms with Crippen molar-refractivity contribution >= 4 is 90.0 Å². The third-order valence-electron chi connectivity index (χ3n) is 16.3. The van der Waals surface area contributed by atoms with Gasteiger partial charge in [0.2, 0.25) is 0 Å². The molecule has 8 heteroatoms. The summed E-state index contributed by atoms with van der Waals surface area (Å²) in [6, 6.07) is 133. The average Bonchev–Trinajstić information content (AvgIpc) is 0.891. The van der Waals surface area contributed by atoms with Gasteiger partial charge in [0.25, 0.3) is 0 Å². The number of benzene rings is 14. The van der Waals surface area contributed by atoms with Gasteiger partial charge in [-0.05, 0) is 97.1 Å². The second kappa shape index (κ2) is 31.4. The van der Waals surface area contributed by atoms with Crippen molar-refractivity contribution in [3.63, 3.8) is 0 Å². The van der Waals surface area contributed by atoms with Gasteiger partial charge in [0.1, 0.15) is 0 Å². The lowest BCUT2D eigenvalue weighted by Crippen LogP contribution is -2.04. The van der Waals surface area contributed by atoms with Crippen LogP contribution in [0.2, 0.25) is 0 Å². The Hall–Kier alpha value is -12.2. The van der Waals surface area contributed by atoms with Crippen molar-refractivity contribution in [3.05, 3.63) is 455 Å². The molecule has 0 bridgehead atoms. The Morgan fingerprint density at radius 3 is 0.398 bits per heavy atom. The molecular weight excluding hydrogens is 1230 g/mol. The average molecular weight is 1290 g/mol. The number of hydrogen-bond donors (Lipinski definition) is 0. The maximum atomic E-state index is 5.39. The number of aliphatic imine (C=N–C) groups is 6. The van der Waals surface area contributed by atoms with Crippen LogP contribution in [0.3, 0.4) is 0 Å². The molecule has 0 aliphatic rings. The molecule has 98 heavy (non-hydrogen) atoms. The molecule has 0 aliphatic heterocycles. The second-order valence-corrected chi connectivity index (χ2v) is 25.3. The Bertz CT molecular complexity index is 4340. The van der Waals surface area contributed by atoms with Crippen LogP contribution in [0.5, 0.6) is 0 Å². The second-order valence-electron chi connectivity index (χ2n) is 23.0. The van der Waals surface area contributed by atoms with E-state index in [9.17, 15) is 0 Å². The van der Waals surface area contributed by atoms with Crippen LogP contribution in [-0.4, -0.2) is 34.3 Å². The summed E-state index contributed by atoms with van der Waals surface area (Å²) in [6.07, 6.45) is 0. The van der Waals surface area contributed by atoms with Gasteiger partial charge in [-0.1, -0.05) is 313 Å². The van der Waals surface area contributed by atoms with E-state index in [1.807, 2.05) is 48.5 Å². The molecule has 0 N–H and O–H groups in total. The summed E-state index contributed by atoms with van der Waals surface area (Å²) in [5.41, 5.74) is 22.6. The molecule has 0 amide bonds. The first-order chi connectivity index (χ1) is 48.5. The van der Waals surface area contributed by atoms with Crippen LogP contribution in [0, 0.1) is 0 Å². The molecule has 0 saturated heterocycles. The minimum Gasteiger partial charge on any atom is -0.248 e. The fraction of sp³-hybridized carbons (Fsp3) is 0. The molecule has 0 aliphatic carbocycles. The van der Waals surface area contributed by atoms with Gasteiger partial charge in [-0.15, -0.1) is 0 Å². The van der Waals surface area contributed by atoms with Crippen molar-refractivity contribution in [2.75, 3.05) is 0 Å². The predicted molar refractivity (Wildman–Crippen MR) is 414 cm³/mol. The Kier molecular flexibility index (Phi) is 20.2. The standard InChI is InChI=1S/C90H64N6S2/c1-9-25-65(26-10-1)85(66-27-11-2-12-28-66)91-77-49-41-73(42-50-77)89(74-43-51-78(52-44-74)92-86(67-29-13-3-14-30-67)68-31-15-4-16-32-68)95-81-57-61-83(62-58-81)97-98-84-63-59-82(60-64-84)96-90(75-45-53-79(54-46-75)93-87(69-33-17-5-18-34-69)70-35-19-6-20-36-70)76-47-55-80(56-48-76)94-88(71-37-21-7-22-38-71)72-39-23-8-24-40-72/h1-64H. The van der Waals surface area contributed by atoms with Gasteiger partial charge in [-0.25, -0.2) is 30.0 Å². The highest BCUT2D eigenvalue weighted by molar-refractivity contribution is 8.76. The Labute approximate surface area is 580 Å². The fourth-order valence-corrected chi connectivity index (χ4v) is 13.3. The van der Waals surface area contributed by atoms with E-state index in [1.54, 1.807) is 21.6 Å². The molecule has 14 aromatic carbocycles. The fourth-order valence-electron chi connectivity index (χ4n) is 11.3. The Morgan fingerprint density at radius 1 is 0.133 bits per heavy atom. The van der Waals surface area contributed by atoms with Crippen molar-refractivity contribution in [1.82, 2.24) is 0 Å². The predicted octanol–water partition coefficient (Wildman–Crippen LogP) is 23.5. The van der Waals surface area contributed by atoms with Gasteiger partial charge in [-0.2, -0.15) is 0 Å². The summed E-state index contributed by atoms with van der Waals surface area (Å²) in [5.74, 6) is 0. The van der Waals surface area contributed by atoms with Crippen LogP contribution in [0.1, 0.15) is 66.8 Å². The maximum absolute atomic E-state index is 5.39. The normalized spacial score (nSPS) is 10.7. The monoisotopic (exact) mass is 1290 g/mol. The smallest absolute Gasteiger partial charge is 0.0781 e. The van der Waals surface area contributed by atoms with E-state index >= 15 is 0 Å². The third-order valence-corrected chi connectivity index (χ3v) is 18.7. The number of nitrogens with zero attached hydrogens (tertiary/aromatic N) is 6. The van der Waals surface area contributed by atoms with Crippen molar-refractivity contribution in [2.24, 2.45) is 30.0 Å². The summed E-state index contributed by atoms with van der Waals surface area (Å²) < 4.78 is 0. The van der Waals surface area contributed by atoms with Crippen molar-refractivity contribution in [3.8, 4) is 0 Å². The molecule has 466 valence electrons. The zero-order valence-electron chi connectivity index (χ0n) is 53.5. The lowest BCUT2D eigenvalue weighted by molar-refractivity contribution is 1.40. The minimum atomic E-state index is 0.833. The molecule has 0 unspecified atom stereocenters. The van der Waals surface area contributed by atoms with Gasteiger partial charge in [-0.3, -0.25) is 0 Å². The van der Waals surface area contributed by atoms with E-state index in [1.165, 1.54) is 0 Å². The first kappa shape index (κ1) is 63.2. The van der Waals surface area contributed by atoms with Crippen molar-refractivity contribution < 1.29 is 0 Å². The SMILES string of the molecule is c1ccc(C(=Nc2ccc(C(=Nc3ccc(SSc4ccc(N=C(c5ccc(N=C(c6ccccc6)c6ccccc6)cc5)c5ccc(N=C(c6ccccc6)c6ccccc6)cc5)cc4)cc3)c3ccc(N=C(c4ccccc4)c4ccccc4)cc3)cc2)c2ccccc2)cc1.